The first-order chi connectivity index (χ1) is 11.6. The third-order valence-electron chi connectivity index (χ3n) is 4.32. The Morgan fingerprint density at radius 2 is 2.12 bits per heavy atom. The van der Waals surface area contributed by atoms with E-state index < -0.39 is 11.6 Å². The van der Waals surface area contributed by atoms with Gasteiger partial charge in [0.05, 0.1) is 0 Å². The number of thioether (sulfide) groups is 1. The van der Waals surface area contributed by atoms with Crippen molar-refractivity contribution in [3.8, 4) is 0 Å². The number of halogens is 3. The van der Waals surface area contributed by atoms with Crippen molar-refractivity contribution in [1.82, 2.24) is 10.6 Å². The minimum Gasteiger partial charge on any atom is -0.351 e. The summed E-state index contributed by atoms with van der Waals surface area (Å²) in [7, 11) is 0. The fraction of sp³-hybridized carbons (Fsp3) is 0.611. The second-order valence-corrected chi connectivity index (χ2v) is 7.39. The Hall–Kier alpha value is -0.850. The number of carbonyl (C=O) groups excluding carboxylic acids is 1. The number of nitrogens with one attached hydrogen (secondary N) is 2. The van der Waals surface area contributed by atoms with Gasteiger partial charge >= 0.3 is 0 Å². The lowest BCUT2D eigenvalue weighted by Gasteiger charge is -2.33. The molecule has 0 spiro atoms. The van der Waals surface area contributed by atoms with Gasteiger partial charge in [0.15, 0.2) is 11.6 Å². The molecule has 1 aliphatic rings. The van der Waals surface area contributed by atoms with Gasteiger partial charge in [-0.15, -0.1) is 12.4 Å². The van der Waals surface area contributed by atoms with Crippen LogP contribution in [0.1, 0.15) is 44.1 Å². The van der Waals surface area contributed by atoms with E-state index in [4.69, 9.17) is 0 Å². The van der Waals surface area contributed by atoms with Crippen molar-refractivity contribution in [2.24, 2.45) is 0 Å². The molecule has 1 aliphatic heterocycles. The molecule has 0 bridgehead atoms. The highest BCUT2D eigenvalue weighted by molar-refractivity contribution is 7.99. The molecule has 3 nitrogen and oxygen atoms in total. The molecule has 2 atom stereocenters. The van der Waals surface area contributed by atoms with Gasteiger partial charge < -0.3 is 10.6 Å². The Kier molecular flexibility index (Phi) is 10.4. The van der Waals surface area contributed by atoms with Crippen LogP contribution in [-0.2, 0) is 4.79 Å². The summed E-state index contributed by atoms with van der Waals surface area (Å²) < 4.78 is 26.7. The summed E-state index contributed by atoms with van der Waals surface area (Å²) >= 11 is 1.80. The third kappa shape index (κ3) is 7.12. The van der Waals surface area contributed by atoms with Crippen molar-refractivity contribution < 1.29 is 13.6 Å². The van der Waals surface area contributed by atoms with Crippen molar-refractivity contribution >= 4 is 30.1 Å². The molecule has 1 saturated heterocycles. The van der Waals surface area contributed by atoms with Crippen LogP contribution in [0, 0.1) is 11.6 Å². The second kappa shape index (κ2) is 11.7. The molecule has 2 unspecified atom stereocenters. The molecular weight excluding hydrogens is 366 g/mol. The van der Waals surface area contributed by atoms with Gasteiger partial charge in [-0.1, -0.05) is 19.4 Å². The van der Waals surface area contributed by atoms with E-state index in [1.54, 1.807) is 17.8 Å². The summed E-state index contributed by atoms with van der Waals surface area (Å²) in [5, 5.41) is 6.32. The molecule has 0 saturated carbocycles. The number of unbranched alkanes of at least 4 members (excludes halogenated alkanes) is 1. The minimum absolute atomic E-state index is 0. The molecule has 0 aliphatic carbocycles. The fourth-order valence-corrected chi connectivity index (χ4v) is 3.97. The van der Waals surface area contributed by atoms with Crippen LogP contribution in [0.2, 0.25) is 0 Å². The van der Waals surface area contributed by atoms with E-state index in [9.17, 15) is 13.6 Å². The number of rotatable bonds is 8. The number of hydrogen-bond acceptors (Lipinski definition) is 3. The molecule has 142 valence electrons. The van der Waals surface area contributed by atoms with E-state index in [1.807, 2.05) is 0 Å². The van der Waals surface area contributed by atoms with Crippen molar-refractivity contribution in [3.63, 3.8) is 0 Å². The predicted octanol–water partition coefficient (Wildman–Crippen LogP) is 3.87. The zero-order chi connectivity index (χ0) is 17.4. The van der Waals surface area contributed by atoms with Crippen molar-refractivity contribution in [3.05, 3.63) is 35.4 Å². The Labute approximate surface area is 159 Å². The van der Waals surface area contributed by atoms with Crippen LogP contribution in [0.5, 0.6) is 0 Å². The first kappa shape index (κ1) is 22.2. The molecule has 1 aromatic rings. The summed E-state index contributed by atoms with van der Waals surface area (Å²) in [6.07, 6.45) is 3.64. The minimum atomic E-state index is -0.836. The Balaban J connectivity index is 0.00000312. The highest BCUT2D eigenvalue weighted by Gasteiger charge is 2.28. The Morgan fingerprint density at radius 1 is 1.32 bits per heavy atom. The van der Waals surface area contributed by atoms with Gasteiger partial charge in [-0.25, -0.2) is 8.78 Å². The van der Waals surface area contributed by atoms with E-state index in [-0.39, 0.29) is 30.3 Å². The number of hydrogen-bond donors (Lipinski definition) is 2. The summed E-state index contributed by atoms with van der Waals surface area (Å²) in [6.45, 7) is 3.61. The van der Waals surface area contributed by atoms with E-state index in [1.165, 1.54) is 18.9 Å². The number of amides is 1. The molecular formula is C18H27ClF2N2OS. The number of piperidine rings is 1. The maximum Gasteiger partial charge on any atom is 0.221 e. The smallest absolute Gasteiger partial charge is 0.221 e. The van der Waals surface area contributed by atoms with E-state index in [2.05, 4.69) is 17.6 Å². The SMILES string of the molecule is CCCCSCCC(=O)NC1CNCCC1c1ccc(F)c(F)c1.Cl. The molecule has 1 fully saturated rings. The van der Waals surface area contributed by atoms with Crippen LogP contribution in [0.25, 0.3) is 0 Å². The van der Waals surface area contributed by atoms with Crippen LogP contribution in [0.4, 0.5) is 8.78 Å². The molecule has 1 aromatic carbocycles. The average molecular weight is 393 g/mol. The van der Waals surface area contributed by atoms with Gasteiger partial charge in [-0.3, -0.25) is 4.79 Å². The normalized spacial score (nSPS) is 20.0. The molecule has 1 amide bonds. The lowest BCUT2D eigenvalue weighted by molar-refractivity contribution is -0.121. The Bertz CT molecular complexity index is 548. The Morgan fingerprint density at radius 3 is 2.84 bits per heavy atom. The maximum atomic E-state index is 13.5. The first-order valence-corrected chi connectivity index (χ1v) is 9.80. The molecule has 1 heterocycles. The van der Waals surface area contributed by atoms with E-state index >= 15 is 0 Å². The van der Waals surface area contributed by atoms with Gasteiger partial charge in [-0.2, -0.15) is 11.8 Å². The average Bonchev–Trinajstić information content (AvgIpc) is 2.58. The third-order valence-corrected chi connectivity index (χ3v) is 5.39. The zero-order valence-electron chi connectivity index (χ0n) is 14.5. The molecule has 2 rings (SSSR count). The van der Waals surface area contributed by atoms with Crippen molar-refractivity contribution in [2.45, 2.75) is 44.6 Å². The summed E-state index contributed by atoms with van der Waals surface area (Å²) in [6, 6.07) is 3.95. The highest BCUT2D eigenvalue weighted by atomic mass is 35.5. The van der Waals surface area contributed by atoms with Crippen LogP contribution < -0.4 is 10.6 Å². The maximum absolute atomic E-state index is 13.5. The predicted molar refractivity (Wildman–Crippen MR) is 103 cm³/mol. The largest absolute Gasteiger partial charge is 0.351 e. The fourth-order valence-electron chi connectivity index (χ4n) is 2.94. The topological polar surface area (TPSA) is 41.1 Å². The van der Waals surface area contributed by atoms with Crippen molar-refractivity contribution in [2.75, 3.05) is 24.6 Å². The van der Waals surface area contributed by atoms with Crippen molar-refractivity contribution in [1.29, 1.82) is 0 Å². The standard InChI is InChI=1S/C18H26F2N2OS.ClH/c1-2-3-9-24-10-7-18(23)22-17-12-21-8-6-14(17)13-4-5-15(19)16(20)11-13;/h4-5,11,14,17,21H,2-3,6-10,12H2,1H3,(H,22,23);1H. The number of carbonyl (C=O) groups is 1. The monoisotopic (exact) mass is 392 g/mol. The first-order valence-electron chi connectivity index (χ1n) is 8.64. The highest BCUT2D eigenvalue weighted by Crippen LogP contribution is 2.27. The van der Waals surface area contributed by atoms with Crippen LogP contribution in [0.15, 0.2) is 18.2 Å². The van der Waals surface area contributed by atoms with Gasteiger partial charge in [0, 0.05) is 30.7 Å². The second-order valence-electron chi connectivity index (χ2n) is 6.16. The summed E-state index contributed by atoms with van der Waals surface area (Å²) in [5.41, 5.74) is 0.748. The van der Waals surface area contributed by atoms with Gasteiger partial charge in [0.1, 0.15) is 0 Å². The van der Waals surface area contributed by atoms with Crippen LogP contribution >= 0.6 is 24.2 Å². The molecule has 25 heavy (non-hydrogen) atoms. The number of benzene rings is 1. The quantitative estimate of drug-likeness (QED) is 0.660. The van der Waals surface area contributed by atoms with Gasteiger partial charge in [0.2, 0.25) is 5.91 Å². The molecule has 2 N–H and O–H groups in total. The molecule has 0 aromatic heterocycles. The summed E-state index contributed by atoms with van der Waals surface area (Å²) in [4.78, 5) is 12.2. The lowest BCUT2D eigenvalue weighted by atomic mass is 9.86. The van der Waals surface area contributed by atoms with Crippen LogP contribution in [-0.4, -0.2) is 36.5 Å². The van der Waals surface area contributed by atoms with E-state index in [0.717, 1.165) is 36.1 Å². The van der Waals surface area contributed by atoms with E-state index in [0.29, 0.717) is 13.0 Å². The molecule has 7 heteroatoms. The zero-order valence-corrected chi connectivity index (χ0v) is 16.2. The lowest BCUT2D eigenvalue weighted by Crippen LogP contribution is -2.50. The van der Waals surface area contributed by atoms with Crippen LogP contribution in [0.3, 0.4) is 0 Å². The summed E-state index contributed by atoms with van der Waals surface area (Å²) in [5.74, 6) is 0.285. The molecule has 0 radical (unpaired) electrons. The van der Waals surface area contributed by atoms with Gasteiger partial charge in [-0.05, 0) is 42.8 Å². The van der Waals surface area contributed by atoms with Gasteiger partial charge in [0.25, 0.3) is 0 Å².